The largest absolute Gasteiger partial charge is 0.497 e. The molecule has 2 aromatic heterocycles. The maximum Gasteiger partial charge on any atom is 0.251 e. The van der Waals surface area contributed by atoms with Crippen LogP contribution >= 0.6 is 11.3 Å². The van der Waals surface area contributed by atoms with E-state index in [1.165, 1.54) is 23.5 Å². The van der Waals surface area contributed by atoms with Crippen LogP contribution in [0.4, 0.5) is 4.39 Å². The van der Waals surface area contributed by atoms with Crippen molar-refractivity contribution >= 4 is 32.4 Å². The van der Waals surface area contributed by atoms with E-state index >= 15 is 0 Å². The highest BCUT2D eigenvalue weighted by Crippen LogP contribution is 2.30. The van der Waals surface area contributed by atoms with Gasteiger partial charge < -0.3 is 10.1 Å². The first-order chi connectivity index (χ1) is 15.1. The molecule has 31 heavy (non-hydrogen) atoms. The fraction of sp³-hybridized carbons (Fsp3) is 0.0833. The number of carbonyl (C=O) groups excluding carboxylic acids is 1. The van der Waals surface area contributed by atoms with Crippen LogP contribution in [0.3, 0.4) is 0 Å². The zero-order valence-electron chi connectivity index (χ0n) is 16.6. The van der Waals surface area contributed by atoms with Gasteiger partial charge in [-0.25, -0.2) is 9.37 Å². The molecule has 3 aromatic carbocycles. The molecule has 5 nitrogen and oxygen atoms in total. The van der Waals surface area contributed by atoms with Gasteiger partial charge in [0.1, 0.15) is 11.6 Å². The Hall–Kier alpha value is -3.71. The van der Waals surface area contributed by atoms with Crippen molar-refractivity contribution < 1.29 is 13.9 Å². The third-order valence-corrected chi connectivity index (χ3v) is 6.13. The first kappa shape index (κ1) is 19.3. The molecule has 154 valence electrons. The number of aromatic nitrogens is 2. The fourth-order valence-corrected chi connectivity index (χ4v) is 4.48. The lowest BCUT2D eigenvalue weighted by atomic mass is 10.1. The summed E-state index contributed by atoms with van der Waals surface area (Å²) in [7, 11) is 1.64. The molecule has 0 unspecified atom stereocenters. The van der Waals surface area contributed by atoms with Crippen molar-refractivity contribution in [3.63, 3.8) is 0 Å². The number of thiazole rings is 1. The molecule has 0 aliphatic carbocycles. The summed E-state index contributed by atoms with van der Waals surface area (Å²) in [6, 6.07) is 19.5. The van der Waals surface area contributed by atoms with Gasteiger partial charge >= 0.3 is 0 Å². The first-order valence-electron chi connectivity index (χ1n) is 9.69. The topological polar surface area (TPSA) is 55.6 Å². The highest BCUT2D eigenvalue weighted by Gasteiger charge is 2.13. The van der Waals surface area contributed by atoms with E-state index in [2.05, 4.69) is 5.32 Å². The van der Waals surface area contributed by atoms with E-state index in [1.807, 2.05) is 53.1 Å². The highest BCUT2D eigenvalue weighted by atomic mass is 32.1. The van der Waals surface area contributed by atoms with Crippen LogP contribution < -0.4 is 10.1 Å². The quantitative estimate of drug-likeness (QED) is 0.411. The normalized spacial score (nSPS) is 11.2. The molecule has 0 saturated carbocycles. The molecule has 0 bridgehead atoms. The Kier molecular flexibility index (Phi) is 4.88. The molecule has 2 heterocycles. The molecule has 0 radical (unpaired) electrons. The molecule has 0 fully saturated rings. The van der Waals surface area contributed by atoms with Crippen LogP contribution in [0.25, 0.3) is 26.4 Å². The number of hydrogen-bond acceptors (Lipinski definition) is 4. The number of fused-ring (bicyclic) bond motifs is 3. The number of carbonyl (C=O) groups is 1. The van der Waals surface area contributed by atoms with E-state index in [1.54, 1.807) is 19.2 Å². The van der Waals surface area contributed by atoms with E-state index in [0.717, 1.165) is 37.7 Å². The minimum Gasteiger partial charge on any atom is -0.497 e. The Labute approximate surface area is 181 Å². The summed E-state index contributed by atoms with van der Waals surface area (Å²) >= 11 is 1.54. The van der Waals surface area contributed by atoms with Crippen molar-refractivity contribution in [1.29, 1.82) is 0 Å². The van der Waals surface area contributed by atoms with Crippen LogP contribution in [-0.4, -0.2) is 22.4 Å². The summed E-state index contributed by atoms with van der Waals surface area (Å²) in [5, 5.41) is 2.88. The molecular weight excluding hydrogens is 413 g/mol. The molecular formula is C24H18FN3O2S. The Bertz CT molecular complexity index is 1390. The molecule has 7 heteroatoms. The number of amides is 1. The average Bonchev–Trinajstić information content (AvgIpc) is 3.36. The molecule has 5 rings (SSSR count). The van der Waals surface area contributed by atoms with E-state index in [4.69, 9.17) is 9.72 Å². The third kappa shape index (κ3) is 3.75. The van der Waals surface area contributed by atoms with Crippen LogP contribution in [-0.2, 0) is 6.54 Å². The molecule has 0 atom stereocenters. The third-order valence-electron chi connectivity index (χ3n) is 5.11. The van der Waals surface area contributed by atoms with Gasteiger partial charge in [-0.1, -0.05) is 23.5 Å². The van der Waals surface area contributed by atoms with Crippen molar-refractivity contribution in [2.75, 3.05) is 7.11 Å². The smallest absolute Gasteiger partial charge is 0.251 e. The Morgan fingerprint density at radius 2 is 1.87 bits per heavy atom. The van der Waals surface area contributed by atoms with Crippen LogP contribution in [0.2, 0.25) is 0 Å². The van der Waals surface area contributed by atoms with Crippen LogP contribution in [0.1, 0.15) is 15.9 Å². The van der Waals surface area contributed by atoms with Gasteiger partial charge in [0.05, 0.1) is 23.0 Å². The summed E-state index contributed by atoms with van der Waals surface area (Å²) in [4.78, 5) is 18.2. The van der Waals surface area contributed by atoms with E-state index < -0.39 is 0 Å². The predicted octanol–water partition coefficient (Wildman–Crippen LogP) is 5.29. The number of benzene rings is 3. The number of halogens is 1. The van der Waals surface area contributed by atoms with Gasteiger partial charge in [0, 0.05) is 23.9 Å². The monoisotopic (exact) mass is 431 g/mol. The fourth-order valence-electron chi connectivity index (χ4n) is 3.43. The maximum absolute atomic E-state index is 13.0. The van der Waals surface area contributed by atoms with E-state index in [-0.39, 0.29) is 11.7 Å². The molecule has 0 saturated heterocycles. The second-order valence-corrected chi connectivity index (χ2v) is 8.11. The number of nitrogens with zero attached hydrogens (tertiary/aromatic N) is 2. The standard InChI is InChI=1S/C24H18FN3O2S/c1-30-19-9-4-16(5-10-19)20-14-28-21-11-6-17(12-22(21)31-24(28)27-20)23(29)26-13-15-2-7-18(25)8-3-15/h2-12,14H,13H2,1H3,(H,26,29). The Morgan fingerprint density at radius 1 is 1.10 bits per heavy atom. The molecule has 0 spiro atoms. The Balaban J connectivity index is 1.38. The average molecular weight is 431 g/mol. The lowest BCUT2D eigenvalue weighted by Crippen LogP contribution is -2.22. The van der Waals surface area contributed by atoms with Gasteiger partial charge in [-0.2, -0.15) is 0 Å². The van der Waals surface area contributed by atoms with Gasteiger partial charge in [0.25, 0.3) is 5.91 Å². The molecule has 5 aromatic rings. The number of imidazole rings is 1. The highest BCUT2D eigenvalue weighted by molar-refractivity contribution is 7.23. The summed E-state index contributed by atoms with van der Waals surface area (Å²) in [6.45, 7) is 0.343. The summed E-state index contributed by atoms with van der Waals surface area (Å²) < 4.78 is 21.3. The summed E-state index contributed by atoms with van der Waals surface area (Å²) in [5.41, 5.74) is 4.33. The van der Waals surface area contributed by atoms with Crippen molar-refractivity contribution in [1.82, 2.24) is 14.7 Å². The van der Waals surface area contributed by atoms with E-state index in [0.29, 0.717) is 12.1 Å². The summed E-state index contributed by atoms with van der Waals surface area (Å²) in [6.07, 6.45) is 2.00. The number of methoxy groups -OCH3 is 1. The van der Waals surface area contributed by atoms with Gasteiger partial charge in [-0.3, -0.25) is 9.20 Å². The van der Waals surface area contributed by atoms with Gasteiger partial charge in [-0.05, 0) is 60.2 Å². The molecule has 1 amide bonds. The second-order valence-electron chi connectivity index (χ2n) is 7.10. The SMILES string of the molecule is COc1ccc(-c2cn3c(n2)sc2cc(C(=O)NCc4ccc(F)cc4)ccc23)cc1. The molecule has 1 N–H and O–H groups in total. The van der Waals surface area contributed by atoms with Gasteiger partial charge in [0.15, 0.2) is 4.96 Å². The van der Waals surface area contributed by atoms with Crippen LogP contribution in [0.5, 0.6) is 5.75 Å². The van der Waals surface area contributed by atoms with Crippen molar-refractivity contribution in [2.45, 2.75) is 6.54 Å². The zero-order chi connectivity index (χ0) is 21.4. The lowest BCUT2D eigenvalue weighted by Gasteiger charge is -2.06. The number of nitrogens with one attached hydrogen (secondary N) is 1. The van der Waals surface area contributed by atoms with Crippen molar-refractivity contribution in [3.05, 3.63) is 89.9 Å². The van der Waals surface area contributed by atoms with Gasteiger partial charge in [-0.15, -0.1) is 0 Å². The summed E-state index contributed by atoms with van der Waals surface area (Å²) in [5.74, 6) is 0.343. The lowest BCUT2D eigenvalue weighted by molar-refractivity contribution is 0.0951. The molecule has 0 aliphatic heterocycles. The Morgan fingerprint density at radius 3 is 2.61 bits per heavy atom. The number of hydrogen-bond donors (Lipinski definition) is 1. The van der Waals surface area contributed by atoms with Gasteiger partial charge in [0.2, 0.25) is 0 Å². The predicted molar refractivity (Wildman–Crippen MR) is 120 cm³/mol. The second kappa shape index (κ2) is 7.85. The minimum absolute atomic E-state index is 0.170. The number of ether oxygens (including phenoxy) is 1. The maximum atomic E-state index is 13.0. The first-order valence-corrected chi connectivity index (χ1v) is 10.5. The number of rotatable bonds is 5. The minimum atomic E-state index is -0.293. The van der Waals surface area contributed by atoms with Crippen molar-refractivity contribution in [3.8, 4) is 17.0 Å². The van der Waals surface area contributed by atoms with Crippen LogP contribution in [0.15, 0.2) is 72.9 Å². The zero-order valence-corrected chi connectivity index (χ0v) is 17.4. The van der Waals surface area contributed by atoms with Crippen LogP contribution in [0, 0.1) is 5.82 Å². The van der Waals surface area contributed by atoms with E-state index in [9.17, 15) is 9.18 Å². The van der Waals surface area contributed by atoms with Crippen molar-refractivity contribution in [2.24, 2.45) is 0 Å². The molecule has 0 aliphatic rings.